The first kappa shape index (κ1) is 21.5. The van der Waals surface area contributed by atoms with Gasteiger partial charge in [0.15, 0.2) is 5.78 Å². The van der Waals surface area contributed by atoms with Crippen molar-refractivity contribution < 1.29 is 9.59 Å². The van der Waals surface area contributed by atoms with E-state index in [4.69, 9.17) is 0 Å². The maximum atomic E-state index is 13.4. The minimum absolute atomic E-state index is 0.00889. The van der Waals surface area contributed by atoms with Crippen molar-refractivity contribution in [1.29, 1.82) is 0 Å². The monoisotopic (exact) mass is 420 g/mol. The average molecular weight is 421 g/mol. The van der Waals surface area contributed by atoms with E-state index < -0.39 is 0 Å². The smallest absolute Gasteiger partial charge is 0.261 e. The highest BCUT2D eigenvalue weighted by Gasteiger charge is 2.34. The van der Waals surface area contributed by atoms with E-state index in [0.29, 0.717) is 30.6 Å². The lowest BCUT2D eigenvalue weighted by Gasteiger charge is -2.36. The van der Waals surface area contributed by atoms with E-state index >= 15 is 0 Å². The molecule has 1 fully saturated rings. The molecule has 31 heavy (non-hydrogen) atoms. The third kappa shape index (κ3) is 4.81. The van der Waals surface area contributed by atoms with Gasteiger partial charge in [-0.2, -0.15) is 0 Å². The molecule has 4 rings (SSSR count). The van der Waals surface area contributed by atoms with Gasteiger partial charge >= 0.3 is 0 Å². The van der Waals surface area contributed by atoms with E-state index in [9.17, 15) is 14.4 Å². The lowest BCUT2D eigenvalue weighted by molar-refractivity contribution is 0.0597. The van der Waals surface area contributed by atoms with Gasteiger partial charge in [-0.3, -0.25) is 14.4 Å². The van der Waals surface area contributed by atoms with Crippen molar-refractivity contribution in [1.82, 2.24) is 9.88 Å². The molecule has 1 saturated heterocycles. The predicted octanol–water partition coefficient (Wildman–Crippen LogP) is 4.55. The number of fused-ring (bicyclic) bond motifs is 1. The van der Waals surface area contributed by atoms with Gasteiger partial charge < -0.3 is 9.88 Å². The van der Waals surface area contributed by atoms with E-state index in [0.717, 1.165) is 38.5 Å². The summed E-state index contributed by atoms with van der Waals surface area (Å²) in [5.74, 6) is -0.222. The quantitative estimate of drug-likeness (QED) is 0.772. The van der Waals surface area contributed by atoms with E-state index in [1.54, 1.807) is 6.07 Å². The summed E-state index contributed by atoms with van der Waals surface area (Å²) in [6, 6.07) is 12.1. The number of rotatable bonds is 5. The molecule has 1 aromatic heterocycles. The lowest BCUT2D eigenvalue weighted by Crippen LogP contribution is -2.45. The van der Waals surface area contributed by atoms with Gasteiger partial charge in [0.05, 0.1) is 0 Å². The van der Waals surface area contributed by atoms with Crippen molar-refractivity contribution in [3.05, 3.63) is 69.1 Å². The molecule has 164 valence electrons. The highest BCUT2D eigenvalue weighted by molar-refractivity contribution is 6.02. The zero-order valence-electron chi connectivity index (χ0n) is 18.6. The molecule has 1 aromatic carbocycles. The van der Waals surface area contributed by atoms with Crippen LogP contribution in [-0.4, -0.2) is 34.2 Å². The van der Waals surface area contributed by atoms with Crippen LogP contribution >= 0.6 is 0 Å². The Morgan fingerprint density at radius 1 is 1.13 bits per heavy atom. The second-order valence-corrected chi connectivity index (χ2v) is 9.87. The number of aryl methyl sites for hydroxylation is 1. The number of benzene rings is 1. The Morgan fingerprint density at radius 3 is 2.68 bits per heavy atom. The number of aromatic amines is 1. The highest BCUT2D eigenvalue weighted by Crippen LogP contribution is 2.33. The van der Waals surface area contributed by atoms with Crippen molar-refractivity contribution in [3.8, 4) is 0 Å². The summed E-state index contributed by atoms with van der Waals surface area (Å²) in [4.78, 5) is 43.6. The molecule has 0 spiro atoms. The van der Waals surface area contributed by atoms with Crippen LogP contribution in [-0.2, 0) is 12.8 Å². The van der Waals surface area contributed by atoms with Crippen LogP contribution in [0.5, 0.6) is 0 Å². The third-order valence-corrected chi connectivity index (χ3v) is 6.68. The van der Waals surface area contributed by atoms with Crippen molar-refractivity contribution in [2.45, 2.75) is 71.3 Å². The Labute approximate surface area is 183 Å². The number of carbonyl (C=O) groups excluding carboxylic acids is 2. The third-order valence-electron chi connectivity index (χ3n) is 6.68. The zero-order valence-corrected chi connectivity index (χ0v) is 18.6. The number of H-pyrrole nitrogens is 1. The molecule has 2 aliphatic rings. The maximum Gasteiger partial charge on any atom is 0.261 e. The fourth-order valence-electron chi connectivity index (χ4n) is 5.10. The number of likely N-dealkylation sites (tertiary alicyclic amines) is 1. The molecular formula is C26H32N2O3. The van der Waals surface area contributed by atoms with Gasteiger partial charge in [0, 0.05) is 30.3 Å². The molecule has 0 radical (unpaired) electrons. The molecule has 1 amide bonds. The van der Waals surface area contributed by atoms with Gasteiger partial charge in [0.2, 0.25) is 0 Å². The Bertz CT molecular complexity index is 1020. The van der Waals surface area contributed by atoms with Crippen molar-refractivity contribution in [2.24, 2.45) is 5.41 Å². The zero-order chi connectivity index (χ0) is 22.0. The fourth-order valence-corrected chi connectivity index (χ4v) is 5.10. The molecule has 1 atom stereocenters. The number of hydrogen-bond acceptors (Lipinski definition) is 3. The van der Waals surface area contributed by atoms with Crippen molar-refractivity contribution in [2.75, 3.05) is 6.54 Å². The summed E-state index contributed by atoms with van der Waals surface area (Å²) < 4.78 is 0. The molecule has 5 nitrogen and oxygen atoms in total. The number of nitrogens with zero attached hydrogens (tertiary/aromatic N) is 1. The molecule has 5 heteroatoms. The number of nitrogens with one attached hydrogen (secondary N) is 1. The van der Waals surface area contributed by atoms with E-state index in [1.165, 1.54) is 5.56 Å². The summed E-state index contributed by atoms with van der Waals surface area (Å²) in [6.07, 6.45) is 7.03. The predicted molar refractivity (Wildman–Crippen MR) is 122 cm³/mol. The number of amides is 1. The number of Topliss-reactive ketones (excluding diaryl/α,β-unsaturated/α-hetero) is 1. The van der Waals surface area contributed by atoms with Crippen LogP contribution < -0.4 is 5.56 Å². The normalized spacial score (nSPS) is 20.4. The Hall–Kier alpha value is -2.69. The molecule has 1 aliphatic heterocycles. The van der Waals surface area contributed by atoms with Gasteiger partial charge in [0.1, 0.15) is 5.56 Å². The van der Waals surface area contributed by atoms with Crippen LogP contribution in [0.15, 0.2) is 41.2 Å². The number of carbonyl (C=O) groups is 2. The number of hydrogen-bond donors (Lipinski definition) is 1. The SMILES string of the molecule is CC1(C)CC(=O)c2cc(C(=O)N3CCCC[C@@H]3CCCc3ccccc3)c(=O)[nH]c2C1. The minimum Gasteiger partial charge on any atom is -0.335 e. The average Bonchev–Trinajstić information content (AvgIpc) is 2.73. The minimum atomic E-state index is -0.372. The second kappa shape index (κ2) is 8.81. The van der Waals surface area contributed by atoms with E-state index in [1.807, 2.05) is 24.8 Å². The molecule has 0 unspecified atom stereocenters. The largest absolute Gasteiger partial charge is 0.335 e. The molecular weight excluding hydrogens is 388 g/mol. The number of piperidine rings is 1. The Morgan fingerprint density at radius 2 is 1.90 bits per heavy atom. The van der Waals surface area contributed by atoms with E-state index in [2.05, 4.69) is 29.2 Å². The Balaban J connectivity index is 1.51. The highest BCUT2D eigenvalue weighted by atomic mass is 16.2. The summed E-state index contributed by atoms with van der Waals surface area (Å²) in [5.41, 5.74) is 2.06. The fraction of sp³-hybridized carbons (Fsp3) is 0.500. The molecule has 0 bridgehead atoms. The molecule has 1 N–H and O–H groups in total. The van der Waals surface area contributed by atoms with Gasteiger partial charge in [0.25, 0.3) is 11.5 Å². The number of pyridine rings is 1. The lowest BCUT2D eigenvalue weighted by atomic mass is 9.75. The van der Waals surface area contributed by atoms with E-state index in [-0.39, 0.29) is 34.3 Å². The van der Waals surface area contributed by atoms with Crippen LogP contribution in [0.2, 0.25) is 0 Å². The first-order valence-electron chi connectivity index (χ1n) is 11.5. The summed E-state index contributed by atoms with van der Waals surface area (Å²) in [6.45, 7) is 4.73. The molecule has 0 saturated carbocycles. The van der Waals surface area contributed by atoms with Crippen LogP contribution in [0.1, 0.15) is 84.3 Å². The maximum absolute atomic E-state index is 13.4. The topological polar surface area (TPSA) is 70.2 Å². The molecule has 1 aliphatic carbocycles. The van der Waals surface area contributed by atoms with Crippen molar-refractivity contribution in [3.63, 3.8) is 0 Å². The molecule has 2 aromatic rings. The summed E-state index contributed by atoms with van der Waals surface area (Å²) >= 11 is 0. The number of aromatic nitrogens is 1. The standard InChI is InChI=1S/C26H32N2O3/c1-26(2)16-22-20(23(29)17-26)15-21(24(30)27-22)25(31)28-14-7-6-12-19(28)13-8-11-18-9-4-3-5-10-18/h3-5,9-10,15,19H,6-8,11-14,16-17H2,1-2H3,(H,27,30)/t19-/m1/s1. The van der Waals surface area contributed by atoms with Gasteiger partial charge in [-0.15, -0.1) is 0 Å². The summed E-state index contributed by atoms with van der Waals surface area (Å²) in [7, 11) is 0. The van der Waals surface area contributed by atoms with Gasteiger partial charge in [-0.1, -0.05) is 44.2 Å². The second-order valence-electron chi connectivity index (χ2n) is 9.87. The van der Waals surface area contributed by atoms with Crippen molar-refractivity contribution >= 4 is 11.7 Å². The number of ketones is 1. The van der Waals surface area contributed by atoms with Crippen LogP contribution in [0, 0.1) is 5.41 Å². The van der Waals surface area contributed by atoms with Gasteiger partial charge in [-0.05, 0) is 62.0 Å². The first-order chi connectivity index (χ1) is 14.8. The van der Waals surface area contributed by atoms with Gasteiger partial charge in [-0.25, -0.2) is 0 Å². The first-order valence-corrected chi connectivity index (χ1v) is 11.5. The summed E-state index contributed by atoms with van der Waals surface area (Å²) in [5, 5.41) is 0. The van der Waals surface area contributed by atoms with Crippen LogP contribution in [0.4, 0.5) is 0 Å². The molecule has 2 heterocycles. The van der Waals surface area contributed by atoms with Crippen LogP contribution in [0.3, 0.4) is 0 Å². The Kier molecular flexibility index (Phi) is 6.12. The van der Waals surface area contributed by atoms with Crippen LogP contribution in [0.25, 0.3) is 0 Å².